The average Bonchev–Trinajstić information content (AvgIpc) is 3.62. The van der Waals surface area contributed by atoms with Crippen molar-refractivity contribution in [3.05, 3.63) is 29.6 Å². The molecule has 4 heterocycles. The number of rotatable bonds is 8. The maximum absolute atomic E-state index is 13.6. The number of nitrogens with zero attached hydrogens (tertiary/aromatic N) is 5. The van der Waals surface area contributed by atoms with Crippen LogP contribution in [0.25, 0.3) is 0 Å². The number of alkyl halides is 2. The normalized spacial score (nSPS) is 20.1. The molecule has 9 nitrogen and oxygen atoms in total. The van der Waals surface area contributed by atoms with Crippen LogP contribution in [0.5, 0.6) is 0 Å². The van der Waals surface area contributed by atoms with Crippen LogP contribution in [0, 0.1) is 12.3 Å². The third-order valence-electron chi connectivity index (χ3n) is 7.50. The number of carbonyl (C=O) groups is 1. The summed E-state index contributed by atoms with van der Waals surface area (Å²) in [6.45, 7) is 3.99. The number of hydrogen-bond donors (Lipinski definition) is 3. The number of aromatic nitrogens is 3. The molecule has 1 aliphatic carbocycles. The summed E-state index contributed by atoms with van der Waals surface area (Å²) in [6, 6.07) is 3.62. The average molecular weight is 534 g/mol. The number of halogens is 2. The largest absolute Gasteiger partial charge is 0.395 e. The fourth-order valence-electron chi connectivity index (χ4n) is 5.01. The molecular formula is C25H33F2N7O2S. The van der Waals surface area contributed by atoms with Gasteiger partial charge in [0.25, 0.3) is 11.8 Å². The molecule has 3 aliphatic rings. The Morgan fingerprint density at radius 2 is 1.76 bits per heavy atom. The van der Waals surface area contributed by atoms with Crippen molar-refractivity contribution in [3.63, 3.8) is 0 Å². The first-order valence-electron chi connectivity index (χ1n) is 12.8. The lowest BCUT2D eigenvalue weighted by atomic mass is 9.93. The molecule has 5 rings (SSSR count). The van der Waals surface area contributed by atoms with E-state index in [1.165, 1.54) is 24.8 Å². The Hall–Kier alpha value is -2.73. The first kappa shape index (κ1) is 25.9. The summed E-state index contributed by atoms with van der Waals surface area (Å²) in [5, 5.41) is 11.9. The van der Waals surface area contributed by atoms with Gasteiger partial charge in [-0.1, -0.05) is 0 Å². The zero-order valence-electron chi connectivity index (χ0n) is 21.0. The lowest BCUT2D eigenvalue weighted by Crippen LogP contribution is -2.40. The van der Waals surface area contributed by atoms with E-state index in [0.717, 1.165) is 31.6 Å². The summed E-state index contributed by atoms with van der Waals surface area (Å²) in [6.07, 6.45) is 5.90. The number of piperidine rings is 2. The summed E-state index contributed by atoms with van der Waals surface area (Å²) < 4.78 is 30.4. The number of aliphatic hydroxyl groups excluding tert-OH is 1. The van der Waals surface area contributed by atoms with Crippen molar-refractivity contribution >= 4 is 41.1 Å². The molecule has 3 fully saturated rings. The maximum atomic E-state index is 13.6. The molecule has 0 aromatic carbocycles. The van der Waals surface area contributed by atoms with Gasteiger partial charge in [0.1, 0.15) is 11.6 Å². The second-order valence-corrected chi connectivity index (χ2v) is 11.1. The van der Waals surface area contributed by atoms with Gasteiger partial charge < -0.3 is 19.6 Å². The third-order valence-corrected chi connectivity index (χ3v) is 8.24. The van der Waals surface area contributed by atoms with Crippen LogP contribution in [-0.4, -0.2) is 70.4 Å². The number of aryl methyl sites for hydroxylation is 1. The van der Waals surface area contributed by atoms with Gasteiger partial charge in [0.15, 0.2) is 0 Å². The lowest BCUT2D eigenvalue weighted by Gasteiger charge is -2.35. The molecule has 1 amide bonds. The molecule has 0 atom stereocenters. The molecule has 2 aromatic rings. The van der Waals surface area contributed by atoms with Crippen LogP contribution >= 0.6 is 11.9 Å². The maximum Gasteiger partial charge on any atom is 0.261 e. The minimum Gasteiger partial charge on any atom is -0.395 e. The van der Waals surface area contributed by atoms with E-state index >= 15 is 0 Å². The van der Waals surface area contributed by atoms with Gasteiger partial charge in [0.05, 0.1) is 17.9 Å². The van der Waals surface area contributed by atoms with Crippen molar-refractivity contribution in [1.82, 2.24) is 15.0 Å². The number of carbonyl (C=O) groups excluding carboxylic acids is 1. The molecule has 1 spiro atoms. The van der Waals surface area contributed by atoms with Gasteiger partial charge in [-0.3, -0.25) is 10.1 Å². The number of nitrogens with one attached hydrogen (secondary N) is 2. The first-order chi connectivity index (χ1) is 17.8. The van der Waals surface area contributed by atoms with E-state index in [1.54, 1.807) is 24.1 Å². The Morgan fingerprint density at radius 3 is 2.43 bits per heavy atom. The van der Waals surface area contributed by atoms with Crippen molar-refractivity contribution in [2.24, 2.45) is 5.41 Å². The minimum atomic E-state index is -2.65. The zero-order chi connectivity index (χ0) is 26.0. The summed E-state index contributed by atoms with van der Waals surface area (Å²) in [7, 11) is 0. The van der Waals surface area contributed by atoms with Crippen LogP contribution in [0.1, 0.15) is 54.6 Å². The molecule has 2 aromatic heterocycles. The number of anilines is 4. The Balaban J connectivity index is 1.35. The van der Waals surface area contributed by atoms with E-state index in [1.807, 2.05) is 6.07 Å². The van der Waals surface area contributed by atoms with Gasteiger partial charge in [-0.25, -0.2) is 18.7 Å². The van der Waals surface area contributed by atoms with E-state index in [0.29, 0.717) is 34.1 Å². The molecule has 0 bridgehead atoms. The summed E-state index contributed by atoms with van der Waals surface area (Å²) >= 11 is 1.35. The van der Waals surface area contributed by atoms with Gasteiger partial charge in [0.2, 0.25) is 5.95 Å². The summed E-state index contributed by atoms with van der Waals surface area (Å²) in [5.74, 6) is -1.21. The summed E-state index contributed by atoms with van der Waals surface area (Å²) in [5.41, 5.74) is 2.35. The lowest BCUT2D eigenvalue weighted by molar-refractivity contribution is -0.0221. The predicted molar refractivity (Wildman–Crippen MR) is 142 cm³/mol. The quantitative estimate of drug-likeness (QED) is 0.342. The molecule has 0 unspecified atom stereocenters. The van der Waals surface area contributed by atoms with E-state index in [-0.39, 0.29) is 44.4 Å². The van der Waals surface area contributed by atoms with Crippen LogP contribution in [-0.2, 0) is 0 Å². The smallest absolute Gasteiger partial charge is 0.261 e. The fourth-order valence-corrected chi connectivity index (χ4v) is 5.46. The highest BCUT2D eigenvalue weighted by Gasteiger charge is 2.44. The van der Waals surface area contributed by atoms with Crippen LogP contribution in [0.3, 0.4) is 0 Å². The molecule has 2 saturated heterocycles. The standard InChI is InChI=1S/C25H33F2N7O2S/c1-17-14-21(34-10-6-25(26,27)7-11-34)30-23(29-17)31-22(36)18-16-28-20(32-37-13-12-35)15-19(18)33-8-4-24(2-3-24)5-9-33/h14-16,35H,2-13H2,1H3,(H,28,32)(H,29,30,31,36). The fraction of sp³-hybridized carbons (Fsp3) is 0.600. The van der Waals surface area contributed by atoms with Crippen molar-refractivity contribution in [2.75, 3.05) is 58.4 Å². The second kappa shape index (κ2) is 10.6. The van der Waals surface area contributed by atoms with Crippen molar-refractivity contribution in [2.45, 2.75) is 51.4 Å². The molecule has 1 saturated carbocycles. The van der Waals surface area contributed by atoms with Gasteiger partial charge in [0, 0.05) is 68.8 Å². The van der Waals surface area contributed by atoms with Gasteiger partial charge >= 0.3 is 0 Å². The van der Waals surface area contributed by atoms with Gasteiger partial charge in [-0.05, 0) is 50.0 Å². The highest BCUT2D eigenvalue weighted by molar-refractivity contribution is 8.00. The molecule has 200 valence electrons. The second-order valence-electron chi connectivity index (χ2n) is 10.2. The summed E-state index contributed by atoms with van der Waals surface area (Å²) in [4.78, 5) is 30.7. The Morgan fingerprint density at radius 1 is 1.05 bits per heavy atom. The Labute approximate surface area is 219 Å². The molecule has 0 radical (unpaired) electrons. The van der Waals surface area contributed by atoms with Crippen molar-refractivity contribution in [1.29, 1.82) is 0 Å². The molecule has 2 aliphatic heterocycles. The highest BCUT2D eigenvalue weighted by atomic mass is 32.2. The van der Waals surface area contributed by atoms with Crippen LogP contribution in [0.2, 0.25) is 0 Å². The molecule has 12 heteroatoms. The molecule has 3 N–H and O–H groups in total. The van der Waals surface area contributed by atoms with E-state index < -0.39 is 5.92 Å². The van der Waals surface area contributed by atoms with E-state index in [9.17, 15) is 13.6 Å². The van der Waals surface area contributed by atoms with Gasteiger partial charge in [-0.2, -0.15) is 4.98 Å². The Bertz CT molecular complexity index is 1130. The number of aliphatic hydroxyl groups is 1. The Kier molecular flexibility index (Phi) is 7.39. The van der Waals surface area contributed by atoms with Crippen LogP contribution in [0.15, 0.2) is 18.3 Å². The van der Waals surface area contributed by atoms with Crippen molar-refractivity contribution in [3.8, 4) is 0 Å². The monoisotopic (exact) mass is 533 g/mol. The van der Waals surface area contributed by atoms with Gasteiger partial charge in [-0.15, -0.1) is 0 Å². The first-order valence-corrected chi connectivity index (χ1v) is 13.8. The SMILES string of the molecule is Cc1cc(N2CCC(F)(F)CC2)nc(NC(=O)c2cnc(NSCCO)cc2N2CCC3(CC2)CC3)n1. The highest BCUT2D eigenvalue weighted by Crippen LogP contribution is 2.54. The minimum absolute atomic E-state index is 0.0531. The molecular weight excluding hydrogens is 500 g/mol. The van der Waals surface area contributed by atoms with E-state index in [4.69, 9.17) is 5.11 Å². The number of pyridine rings is 1. The zero-order valence-corrected chi connectivity index (χ0v) is 21.8. The van der Waals surface area contributed by atoms with Crippen LogP contribution < -0.4 is 19.8 Å². The van der Waals surface area contributed by atoms with E-state index in [2.05, 4.69) is 29.9 Å². The molecule has 37 heavy (non-hydrogen) atoms. The van der Waals surface area contributed by atoms with Crippen LogP contribution in [0.4, 0.5) is 32.1 Å². The third kappa shape index (κ3) is 6.23. The number of hydrogen-bond acceptors (Lipinski definition) is 9. The predicted octanol–water partition coefficient (Wildman–Crippen LogP) is 4.10. The van der Waals surface area contributed by atoms with Crippen molar-refractivity contribution < 1.29 is 18.7 Å². The number of amides is 1. The topological polar surface area (TPSA) is 107 Å².